The molecule has 3 fully saturated rings. The first-order valence-electron chi connectivity index (χ1n) is 9.99. The summed E-state index contributed by atoms with van der Waals surface area (Å²) in [5.41, 5.74) is 8.74. The third kappa shape index (κ3) is 2.20. The van der Waals surface area contributed by atoms with Gasteiger partial charge in [-0.1, -0.05) is 25.5 Å². The van der Waals surface area contributed by atoms with Gasteiger partial charge in [0.15, 0.2) is 0 Å². The fourth-order valence-corrected chi connectivity index (χ4v) is 7.52. The van der Waals surface area contributed by atoms with Gasteiger partial charge in [0.1, 0.15) is 0 Å². The smallest absolute Gasteiger partial charge is 0.0545 e. The Morgan fingerprint density at radius 2 is 1.91 bits per heavy atom. The van der Waals surface area contributed by atoms with E-state index in [0.717, 1.165) is 24.2 Å². The van der Waals surface area contributed by atoms with Crippen LogP contribution in [-0.4, -0.2) is 17.3 Å². The van der Waals surface area contributed by atoms with E-state index >= 15 is 0 Å². The molecule has 23 heavy (non-hydrogen) atoms. The van der Waals surface area contributed by atoms with Gasteiger partial charge >= 0.3 is 0 Å². The Hall–Kier alpha value is -0.340. The highest BCUT2D eigenvalue weighted by molar-refractivity contribution is 5.25. The number of hydrogen-bond donors (Lipinski definition) is 2. The molecular weight excluding hydrogens is 282 g/mol. The van der Waals surface area contributed by atoms with Gasteiger partial charge < -0.3 is 10.8 Å². The molecule has 0 radical (unpaired) electrons. The molecule has 0 unspecified atom stereocenters. The second kappa shape index (κ2) is 5.33. The SMILES string of the molecule is C[C@H](O)[C@H]1CC[C@H]2[C@H]3CC=C4C[C@H](N)CC[C@]4(C)[C@H]3CC[C@]12C. The van der Waals surface area contributed by atoms with E-state index in [1.54, 1.807) is 5.57 Å². The molecule has 0 aromatic carbocycles. The molecule has 4 aliphatic carbocycles. The molecule has 0 spiro atoms. The van der Waals surface area contributed by atoms with Crippen LogP contribution in [0.4, 0.5) is 0 Å². The van der Waals surface area contributed by atoms with Crippen LogP contribution in [0.2, 0.25) is 0 Å². The standard InChI is InChI=1S/C21H35NO/c1-13(23)17-6-7-18-16-5-4-14-12-15(22)8-10-20(14,2)19(16)9-11-21(17,18)3/h4,13,15-19,23H,5-12,22H2,1-3H3/t13-,15+,16+,17+,18-,19-,20-,21+/m0/s1. The number of aliphatic hydroxyl groups is 1. The van der Waals surface area contributed by atoms with Gasteiger partial charge in [-0.3, -0.25) is 0 Å². The summed E-state index contributed by atoms with van der Waals surface area (Å²) in [5.74, 6) is 3.05. The molecule has 2 nitrogen and oxygen atoms in total. The lowest BCUT2D eigenvalue weighted by Crippen LogP contribution is -2.51. The maximum absolute atomic E-state index is 10.3. The van der Waals surface area contributed by atoms with Crippen LogP contribution in [0.5, 0.6) is 0 Å². The average molecular weight is 318 g/mol. The molecule has 3 N–H and O–H groups in total. The minimum atomic E-state index is -0.139. The highest BCUT2D eigenvalue weighted by Gasteiger charge is 2.59. The fourth-order valence-electron chi connectivity index (χ4n) is 7.52. The zero-order valence-electron chi connectivity index (χ0n) is 15.2. The molecule has 4 rings (SSSR count). The molecule has 0 saturated heterocycles. The third-order valence-corrected chi connectivity index (χ3v) is 8.80. The lowest BCUT2D eigenvalue weighted by Gasteiger charge is -2.58. The van der Waals surface area contributed by atoms with Crippen molar-refractivity contribution in [2.75, 3.05) is 0 Å². The summed E-state index contributed by atoms with van der Waals surface area (Å²) in [7, 11) is 0. The van der Waals surface area contributed by atoms with E-state index in [0.29, 0.717) is 22.8 Å². The molecule has 130 valence electrons. The zero-order chi connectivity index (χ0) is 16.4. The topological polar surface area (TPSA) is 46.2 Å². The number of nitrogens with two attached hydrogens (primary N) is 1. The molecule has 0 aromatic heterocycles. The number of fused-ring (bicyclic) bond motifs is 5. The van der Waals surface area contributed by atoms with Crippen LogP contribution in [0.3, 0.4) is 0 Å². The Morgan fingerprint density at radius 1 is 1.13 bits per heavy atom. The summed E-state index contributed by atoms with van der Waals surface area (Å²) in [6.07, 6.45) is 12.6. The summed E-state index contributed by atoms with van der Waals surface area (Å²) in [5, 5.41) is 10.3. The van der Waals surface area contributed by atoms with Crippen molar-refractivity contribution in [1.82, 2.24) is 0 Å². The summed E-state index contributed by atoms with van der Waals surface area (Å²) in [6.45, 7) is 7.06. The van der Waals surface area contributed by atoms with Gasteiger partial charge in [0, 0.05) is 6.04 Å². The first-order chi connectivity index (χ1) is 10.9. The van der Waals surface area contributed by atoms with Crippen molar-refractivity contribution in [2.45, 2.75) is 84.3 Å². The van der Waals surface area contributed by atoms with Gasteiger partial charge in [-0.2, -0.15) is 0 Å². The van der Waals surface area contributed by atoms with Gasteiger partial charge in [0.25, 0.3) is 0 Å². The Balaban J connectivity index is 1.65. The minimum absolute atomic E-state index is 0.139. The van der Waals surface area contributed by atoms with Crippen molar-refractivity contribution in [3.05, 3.63) is 11.6 Å². The van der Waals surface area contributed by atoms with Crippen LogP contribution in [0.15, 0.2) is 11.6 Å². The molecular formula is C21H35NO. The summed E-state index contributed by atoms with van der Waals surface area (Å²) >= 11 is 0. The summed E-state index contributed by atoms with van der Waals surface area (Å²) in [6, 6.07) is 0.394. The number of aliphatic hydroxyl groups excluding tert-OH is 1. The van der Waals surface area contributed by atoms with Gasteiger partial charge in [-0.15, -0.1) is 0 Å². The van der Waals surface area contributed by atoms with Crippen molar-refractivity contribution in [2.24, 2.45) is 40.2 Å². The average Bonchev–Trinajstić information content (AvgIpc) is 2.85. The zero-order valence-corrected chi connectivity index (χ0v) is 15.2. The molecule has 0 aliphatic heterocycles. The Labute approximate surface area is 141 Å². The van der Waals surface area contributed by atoms with Crippen molar-refractivity contribution < 1.29 is 5.11 Å². The maximum atomic E-state index is 10.3. The number of hydrogen-bond acceptors (Lipinski definition) is 2. The van der Waals surface area contributed by atoms with Gasteiger partial charge in [0.05, 0.1) is 6.10 Å². The van der Waals surface area contributed by atoms with Gasteiger partial charge in [-0.25, -0.2) is 0 Å². The second-order valence-corrected chi connectivity index (χ2v) is 9.73. The van der Waals surface area contributed by atoms with E-state index in [4.69, 9.17) is 5.73 Å². The van der Waals surface area contributed by atoms with Crippen molar-refractivity contribution >= 4 is 0 Å². The Morgan fingerprint density at radius 3 is 2.65 bits per heavy atom. The quantitative estimate of drug-likeness (QED) is 0.709. The van der Waals surface area contributed by atoms with Crippen molar-refractivity contribution in [1.29, 1.82) is 0 Å². The van der Waals surface area contributed by atoms with Gasteiger partial charge in [-0.05, 0) is 92.8 Å². The van der Waals surface area contributed by atoms with Crippen molar-refractivity contribution in [3.63, 3.8) is 0 Å². The highest BCUT2D eigenvalue weighted by atomic mass is 16.3. The largest absolute Gasteiger partial charge is 0.393 e. The van der Waals surface area contributed by atoms with E-state index in [2.05, 4.69) is 19.9 Å². The highest BCUT2D eigenvalue weighted by Crippen LogP contribution is 2.66. The molecule has 2 heteroatoms. The molecule has 0 bridgehead atoms. The Kier molecular flexibility index (Phi) is 3.74. The lowest BCUT2D eigenvalue weighted by atomic mass is 9.47. The van der Waals surface area contributed by atoms with Gasteiger partial charge in [0.2, 0.25) is 0 Å². The second-order valence-electron chi connectivity index (χ2n) is 9.73. The van der Waals surface area contributed by atoms with Crippen LogP contribution in [0.25, 0.3) is 0 Å². The first-order valence-corrected chi connectivity index (χ1v) is 9.99. The van der Waals surface area contributed by atoms with E-state index in [1.807, 2.05) is 6.92 Å². The Bertz CT molecular complexity index is 512. The van der Waals surface area contributed by atoms with Crippen LogP contribution >= 0.6 is 0 Å². The van der Waals surface area contributed by atoms with E-state index in [9.17, 15) is 5.11 Å². The molecule has 3 saturated carbocycles. The lowest BCUT2D eigenvalue weighted by molar-refractivity contribution is -0.0626. The molecule has 0 aromatic rings. The minimum Gasteiger partial charge on any atom is -0.393 e. The predicted octanol–water partition coefficient (Wildman–Crippen LogP) is 4.27. The van der Waals surface area contributed by atoms with Crippen LogP contribution in [-0.2, 0) is 0 Å². The van der Waals surface area contributed by atoms with Crippen LogP contribution < -0.4 is 5.73 Å². The molecule has 0 heterocycles. The predicted molar refractivity (Wildman–Crippen MR) is 94.8 cm³/mol. The van der Waals surface area contributed by atoms with E-state index < -0.39 is 0 Å². The summed E-state index contributed by atoms with van der Waals surface area (Å²) in [4.78, 5) is 0. The fraction of sp³-hybridized carbons (Fsp3) is 0.905. The normalized spacial score (nSPS) is 53.8. The molecule has 0 amide bonds. The number of allylic oxidation sites excluding steroid dienone is 1. The third-order valence-electron chi connectivity index (χ3n) is 8.80. The summed E-state index contributed by atoms with van der Waals surface area (Å²) < 4.78 is 0. The maximum Gasteiger partial charge on any atom is 0.0545 e. The van der Waals surface area contributed by atoms with Crippen molar-refractivity contribution in [3.8, 4) is 0 Å². The molecule has 4 aliphatic rings. The van der Waals surface area contributed by atoms with Crippen LogP contribution in [0.1, 0.15) is 72.1 Å². The van der Waals surface area contributed by atoms with E-state index in [1.165, 1.54) is 44.9 Å². The van der Waals surface area contributed by atoms with Crippen LogP contribution in [0, 0.1) is 34.5 Å². The monoisotopic (exact) mass is 317 g/mol. The molecule has 8 atom stereocenters. The van der Waals surface area contributed by atoms with E-state index in [-0.39, 0.29) is 6.10 Å². The number of rotatable bonds is 1. The first kappa shape index (κ1) is 16.1.